The van der Waals surface area contributed by atoms with Gasteiger partial charge in [0.15, 0.2) is 4.75 Å². The van der Waals surface area contributed by atoms with Crippen molar-refractivity contribution < 1.29 is 13.2 Å². The van der Waals surface area contributed by atoms with Gasteiger partial charge in [-0.1, -0.05) is 0 Å². The maximum Gasteiger partial charge on any atom is 0.258 e. The van der Waals surface area contributed by atoms with Crippen LogP contribution in [0.3, 0.4) is 0 Å². The van der Waals surface area contributed by atoms with Gasteiger partial charge in [0.1, 0.15) is 0 Å². The van der Waals surface area contributed by atoms with Crippen LogP contribution >= 0.6 is 0 Å². The first kappa shape index (κ1) is 12.1. The highest BCUT2D eigenvalue weighted by molar-refractivity contribution is 7.94. The van der Waals surface area contributed by atoms with Crippen LogP contribution in [0.25, 0.3) is 0 Å². The molecule has 0 bridgehead atoms. The second-order valence-corrected chi connectivity index (χ2v) is 6.47. The molecule has 0 saturated carbocycles. The lowest BCUT2D eigenvalue weighted by Crippen LogP contribution is -2.67. The van der Waals surface area contributed by atoms with E-state index in [-0.39, 0.29) is 12.5 Å². The smallest absolute Gasteiger partial charge is 0.258 e. The molecular formula is C10H15NO3S. The van der Waals surface area contributed by atoms with Crippen molar-refractivity contribution >= 4 is 15.9 Å². The minimum absolute atomic E-state index is 0.256. The molecule has 15 heavy (non-hydrogen) atoms. The predicted octanol–water partition coefficient (Wildman–Crippen LogP) is 0.740. The molecule has 0 atom stereocenters. The van der Waals surface area contributed by atoms with Crippen LogP contribution in [0.4, 0.5) is 0 Å². The number of hydrogen-bond donors (Lipinski definition) is 0. The molecule has 1 rings (SSSR count). The van der Waals surface area contributed by atoms with Crippen LogP contribution < -0.4 is 0 Å². The Labute approximate surface area is 90.7 Å². The van der Waals surface area contributed by atoms with Crippen molar-refractivity contribution in [1.82, 2.24) is 4.31 Å². The molecule has 84 valence electrons. The van der Waals surface area contributed by atoms with Gasteiger partial charge in [-0.3, -0.25) is 4.79 Å². The zero-order valence-corrected chi connectivity index (χ0v) is 9.80. The molecule has 0 radical (unpaired) electrons. The van der Waals surface area contributed by atoms with E-state index in [1.165, 1.54) is 13.8 Å². The first-order chi connectivity index (χ1) is 6.85. The van der Waals surface area contributed by atoms with Crippen LogP contribution in [0, 0.1) is 12.3 Å². The zero-order chi connectivity index (χ0) is 11.7. The maximum absolute atomic E-state index is 11.6. The molecule has 0 aromatic carbocycles. The van der Waals surface area contributed by atoms with Crippen molar-refractivity contribution in [2.24, 2.45) is 0 Å². The highest BCUT2D eigenvalue weighted by Gasteiger charge is 2.59. The average molecular weight is 229 g/mol. The fourth-order valence-corrected chi connectivity index (χ4v) is 3.03. The van der Waals surface area contributed by atoms with Crippen LogP contribution in [0.5, 0.6) is 0 Å². The van der Waals surface area contributed by atoms with E-state index in [0.29, 0.717) is 12.8 Å². The number of carbonyl (C=O) groups excluding carboxylic acids is 1. The van der Waals surface area contributed by atoms with Crippen molar-refractivity contribution in [2.45, 2.75) is 37.9 Å². The van der Waals surface area contributed by atoms with E-state index in [1.807, 2.05) is 0 Å². The summed E-state index contributed by atoms with van der Waals surface area (Å²) in [6.45, 7) is 3.12. The van der Waals surface area contributed by atoms with Gasteiger partial charge in [0.2, 0.25) is 0 Å². The van der Waals surface area contributed by atoms with Gasteiger partial charge in [-0.05, 0) is 26.7 Å². The summed E-state index contributed by atoms with van der Waals surface area (Å²) < 4.78 is 22.9. The van der Waals surface area contributed by atoms with E-state index in [2.05, 4.69) is 5.92 Å². The Morgan fingerprint density at radius 1 is 1.40 bits per heavy atom. The van der Waals surface area contributed by atoms with Crippen molar-refractivity contribution in [3.05, 3.63) is 0 Å². The van der Waals surface area contributed by atoms with E-state index in [4.69, 9.17) is 6.42 Å². The number of sulfonamides is 1. The fraction of sp³-hybridized carbons (Fsp3) is 0.700. The summed E-state index contributed by atoms with van der Waals surface area (Å²) in [7, 11) is -3.40. The lowest BCUT2D eigenvalue weighted by molar-refractivity contribution is -0.132. The Morgan fingerprint density at radius 3 is 2.47 bits per heavy atom. The normalized spacial score (nSPS) is 21.9. The molecule has 1 amide bonds. The van der Waals surface area contributed by atoms with Crippen molar-refractivity contribution in [3.63, 3.8) is 0 Å². The molecule has 4 nitrogen and oxygen atoms in total. The molecule has 1 saturated heterocycles. The van der Waals surface area contributed by atoms with Gasteiger partial charge in [-0.2, -0.15) is 0 Å². The van der Waals surface area contributed by atoms with Crippen LogP contribution in [-0.2, 0) is 14.8 Å². The van der Waals surface area contributed by atoms with Gasteiger partial charge >= 0.3 is 0 Å². The topological polar surface area (TPSA) is 54.5 Å². The largest absolute Gasteiger partial charge is 0.272 e. The summed E-state index contributed by atoms with van der Waals surface area (Å²) in [5.41, 5.74) is 0. The molecule has 1 aliphatic rings. The number of rotatable bonds is 4. The van der Waals surface area contributed by atoms with E-state index >= 15 is 0 Å². The minimum Gasteiger partial charge on any atom is -0.272 e. The van der Waals surface area contributed by atoms with Crippen LogP contribution in [-0.4, -0.2) is 29.9 Å². The molecule has 0 N–H and O–H groups in total. The Morgan fingerprint density at radius 2 is 2.00 bits per heavy atom. The number of amides is 1. The number of carbonyl (C=O) groups is 1. The molecule has 5 heteroatoms. The summed E-state index contributed by atoms with van der Waals surface area (Å²) in [5.74, 6) is 2.16. The first-order valence-electron chi connectivity index (χ1n) is 4.86. The number of hydrogen-bond acceptors (Lipinski definition) is 3. The lowest BCUT2D eigenvalue weighted by atomic mass is 10.1. The molecule has 0 unspecified atom stereocenters. The van der Waals surface area contributed by atoms with Gasteiger partial charge in [0.05, 0.1) is 0 Å². The van der Waals surface area contributed by atoms with Gasteiger partial charge < -0.3 is 0 Å². The second-order valence-electron chi connectivity index (χ2n) is 4.05. The molecule has 1 heterocycles. The number of nitrogens with zero attached hydrogens (tertiary/aromatic N) is 1. The van der Waals surface area contributed by atoms with Crippen LogP contribution in [0.2, 0.25) is 0 Å². The standard InChI is InChI=1S/C10H15NO3S/c1-4-5-6-7-8-11-9(12)10(2,3)15(11,13)14/h1H,5-8H2,2-3H3. The molecule has 1 fully saturated rings. The Hall–Kier alpha value is -1.02. The average Bonchev–Trinajstić information content (AvgIpc) is 2.16. The molecular weight excluding hydrogens is 214 g/mol. The predicted molar refractivity (Wildman–Crippen MR) is 57.4 cm³/mol. The third-order valence-corrected chi connectivity index (χ3v) is 5.00. The monoisotopic (exact) mass is 229 g/mol. The Kier molecular flexibility index (Phi) is 3.10. The zero-order valence-electron chi connectivity index (χ0n) is 8.99. The first-order valence-corrected chi connectivity index (χ1v) is 6.30. The highest BCUT2D eigenvalue weighted by Crippen LogP contribution is 2.34. The molecule has 0 aliphatic carbocycles. The minimum atomic E-state index is -3.40. The van der Waals surface area contributed by atoms with E-state index in [9.17, 15) is 13.2 Å². The van der Waals surface area contributed by atoms with E-state index in [1.54, 1.807) is 0 Å². The Bertz CT molecular complexity index is 403. The SMILES string of the molecule is C#CCCCCN1C(=O)C(C)(C)S1(=O)=O. The summed E-state index contributed by atoms with van der Waals surface area (Å²) in [5, 5.41) is 0. The quantitative estimate of drug-likeness (QED) is 0.528. The molecule has 1 aliphatic heterocycles. The van der Waals surface area contributed by atoms with Crippen molar-refractivity contribution in [2.75, 3.05) is 6.54 Å². The van der Waals surface area contributed by atoms with Crippen LogP contribution in [0.15, 0.2) is 0 Å². The fourth-order valence-electron chi connectivity index (χ4n) is 1.46. The third kappa shape index (κ3) is 1.74. The number of unbranched alkanes of at least 4 members (excludes halogenated alkanes) is 2. The van der Waals surface area contributed by atoms with Gasteiger partial charge in [-0.25, -0.2) is 12.7 Å². The van der Waals surface area contributed by atoms with Gasteiger partial charge in [-0.15, -0.1) is 12.3 Å². The summed E-state index contributed by atoms with van der Waals surface area (Å²) >= 11 is 0. The summed E-state index contributed by atoms with van der Waals surface area (Å²) in [6.07, 6.45) is 7.06. The summed E-state index contributed by atoms with van der Waals surface area (Å²) in [4.78, 5) is 11.5. The molecule has 0 aromatic heterocycles. The lowest BCUT2D eigenvalue weighted by Gasteiger charge is -2.43. The maximum atomic E-state index is 11.6. The number of terminal acetylenes is 1. The van der Waals surface area contributed by atoms with Crippen molar-refractivity contribution in [1.29, 1.82) is 0 Å². The molecule has 0 aromatic rings. The van der Waals surface area contributed by atoms with Crippen LogP contribution in [0.1, 0.15) is 33.1 Å². The molecule has 0 spiro atoms. The second kappa shape index (κ2) is 3.86. The van der Waals surface area contributed by atoms with E-state index < -0.39 is 14.8 Å². The summed E-state index contributed by atoms with van der Waals surface area (Å²) in [6, 6.07) is 0. The Balaban J connectivity index is 2.54. The van der Waals surface area contributed by atoms with Crippen molar-refractivity contribution in [3.8, 4) is 12.3 Å². The van der Waals surface area contributed by atoms with E-state index in [0.717, 1.165) is 10.7 Å². The van der Waals surface area contributed by atoms with Gasteiger partial charge in [0.25, 0.3) is 15.9 Å². The third-order valence-electron chi connectivity index (χ3n) is 2.61. The van der Waals surface area contributed by atoms with Gasteiger partial charge in [0, 0.05) is 13.0 Å². The highest BCUT2D eigenvalue weighted by atomic mass is 32.2.